The lowest BCUT2D eigenvalue weighted by Gasteiger charge is -2.25. The molecule has 0 aromatic heterocycles. The molecule has 1 aromatic rings. The Labute approximate surface area is 154 Å². The largest absolute Gasteiger partial charge is 0.494 e. The van der Waals surface area contributed by atoms with Crippen LogP contribution >= 0.6 is 11.6 Å². The number of carbonyl (C=O) groups is 1. The normalized spacial score (nSPS) is 11.5. The SMILES string of the molecule is COc1cc(Cl)c(C)cc1N(CCC(=O)NCCN(C)C)S(C)(=O)=O. The highest BCUT2D eigenvalue weighted by molar-refractivity contribution is 7.92. The highest BCUT2D eigenvalue weighted by Crippen LogP contribution is 2.35. The smallest absolute Gasteiger partial charge is 0.232 e. The van der Waals surface area contributed by atoms with Crippen molar-refractivity contribution in [3.63, 3.8) is 0 Å². The van der Waals surface area contributed by atoms with Crippen LogP contribution in [0.4, 0.5) is 5.69 Å². The van der Waals surface area contributed by atoms with E-state index in [0.717, 1.165) is 11.8 Å². The van der Waals surface area contributed by atoms with Crippen molar-refractivity contribution < 1.29 is 17.9 Å². The summed E-state index contributed by atoms with van der Waals surface area (Å²) in [5, 5.41) is 3.25. The standard InChI is InChI=1S/C16H26ClN3O4S/c1-12-10-14(15(24-4)11-13(12)17)20(25(5,22)23)8-6-16(21)18-7-9-19(2)3/h10-11H,6-9H2,1-5H3,(H,18,21). The average Bonchev–Trinajstić information content (AvgIpc) is 2.48. The summed E-state index contributed by atoms with van der Waals surface area (Å²) in [6.07, 6.45) is 1.14. The van der Waals surface area contributed by atoms with Gasteiger partial charge in [-0.3, -0.25) is 9.10 Å². The third kappa shape index (κ3) is 6.72. The van der Waals surface area contributed by atoms with Gasteiger partial charge in [0, 0.05) is 37.1 Å². The summed E-state index contributed by atoms with van der Waals surface area (Å²) >= 11 is 6.08. The van der Waals surface area contributed by atoms with Crippen LogP contribution in [0.15, 0.2) is 12.1 Å². The van der Waals surface area contributed by atoms with E-state index in [2.05, 4.69) is 5.32 Å². The molecule has 25 heavy (non-hydrogen) atoms. The number of hydrogen-bond acceptors (Lipinski definition) is 5. The number of ether oxygens (including phenoxy) is 1. The summed E-state index contributed by atoms with van der Waals surface area (Å²) in [5.74, 6) is 0.134. The van der Waals surface area contributed by atoms with Crippen LogP contribution in [0.2, 0.25) is 5.02 Å². The number of likely N-dealkylation sites (N-methyl/N-ethyl adjacent to an activating group) is 1. The van der Waals surface area contributed by atoms with Crippen molar-refractivity contribution in [3.05, 3.63) is 22.7 Å². The van der Waals surface area contributed by atoms with Gasteiger partial charge in [0.05, 0.1) is 19.1 Å². The molecule has 0 aliphatic rings. The van der Waals surface area contributed by atoms with E-state index in [4.69, 9.17) is 16.3 Å². The molecule has 7 nitrogen and oxygen atoms in total. The Balaban J connectivity index is 2.94. The maximum Gasteiger partial charge on any atom is 0.232 e. The second kappa shape index (κ2) is 9.26. The minimum absolute atomic E-state index is 0.0179. The fraction of sp³-hybridized carbons (Fsp3) is 0.562. The molecule has 0 fully saturated rings. The Morgan fingerprint density at radius 3 is 2.44 bits per heavy atom. The number of benzene rings is 1. The third-order valence-electron chi connectivity index (χ3n) is 3.55. The van der Waals surface area contributed by atoms with Gasteiger partial charge in [0.1, 0.15) is 5.75 Å². The van der Waals surface area contributed by atoms with Crippen LogP contribution in [0.1, 0.15) is 12.0 Å². The van der Waals surface area contributed by atoms with Crippen molar-refractivity contribution >= 4 is 33.2 Å². The van der Waals surface area contributed by atoms with Crippen LogP contribution in [0, 0.1) is 6.92 Å². The number of aryl methyl sites for hydroxylation is 1. The molecule has 142 valence electrons. The molecule has 0 bridgehead atoms. The number of hydrogen-bond donors (Lipinski definition) is 1. The first-order valence-corrected chi connectivity index (χ1v) is 10.0. The molecular weight excluding hydrogens is 366 g/mol. The van der Waals surface area contributed by atoms with Crippen LogP contribution in [0.3, 0.4) is 0 Å². The van der Waals surface area contributed by atoms with Crippen LogP contribution in [-0.4, -0.2) is 66.3 Å². The van der Waals surface area contributed by atoms with E-state index in [9.17, 15) is 13.2 Å². The Morgan fingerprint density at radius 1 is 1.28 bits per heavy atom. The third-order valence-corrected chi connectivity index (χ3v) is 5.14. The molecule has 0 saturated heterocycles. The molecule has 1 aromatic carbocycles. The zero-order valence-corrected chi connectivity index (χ0v) is 16.9. The summed E-state index contributed by atoms with van der Waals surface area (Å²) in [6, 6.07) is 3.22. The second-order valence-corrected chi connectivity index (χ2v) is 8.33. The van der Waals surface area contributed by atoms with Crippen LogP contribution in [0.25, 0.3) is 0 Å². The van der Waals surface area contributed by atoms with Gasteiger partial charge in [-0.15, -0.1) is 0 Å². The molecule has 0 unspecified atom stereocenters. The van der Waals surface area contributed by atoms with Crippen molar-refractivity contribution in [2.45, 2.75) is 13.3 Å². The summed E-state index contributed by atoms with van der Waals surface area (Å²) < 4.78 is 30.8. The molecular formula is C16H26ClN3O4S. The summed E-state index contributed by atoms with van der Waals surface area (Å²) in [7, 11) is 1.67. The topological polar surface area (TPSA) is 79.0 Å². The van der Waals surface area contributed by atoms with Gasteiger partial charge in [0.15, 0.2) is 0 Å². The molecule has 0 radical (unpaired) electrons. The monoisotopic (exact) mass is 391 g/mol. The van der Waals surface area contributed by atoms with E-state index in [1.807, 2.05) is 19.0 Å². The lowest BCUT2D eigenvalue weighted by Crippen LogP contribution is -2.36. The molecule has 0 heterocycles. The van der Waals surface area contributed by atoms with Crippen molar-refractivity contribution in [2.24, 2.45) is 0 Å². The number of halogens is 1. The van der Waals surface area contributed by atoms with Gasteiger partial charge < -0.3 is 15.0 Å². The lowest BCUT2D eigenvalue weighted by molar-refractivity contribution is -0.120. The van der Waals surface area contributed by atoms with Gasteiger partial charge in [0.25, 0.3) is 0 Å². The predicted molar refractivity (Wildman–Crippen MR) is 101 cm³/mol. The van der Waals surface area contributed by atoms with E-state index >= 15 is 0 Å². The van der Waals surface area contributed by atoms with Crippen molar-refractivity contribution in [1.29, 1.82) is 0 Å². The number of sulfonamides is 1. The Hall–Kier alpha value is -1.51. The molecule has 1 N–H and O–H groups in total. The number of amides is 1. The fourth-order valence-electron chi connectivity index (χ4n) is 2.18. The van der Waals surface area contributed by atoms with Gasteiger partial charge in [-0.1, -0.05) is 11.6 Å². The zero-order chi connectivity index (χ0) is 19.2. The maximum absolute atomic E-state index is 12.2. The molecule has 1 rings (SSSR count). The molecule has 0 aliphatic heterocycles. The minimum atomic E-state index is -3.59. The highest BCUT2D eigenvalue weighted by Gasteiger charge is 2.23. The maximum atomic E-state index is 12.2. The number of nitrogens with zero attached hydrogens (tertiary/aromatic N) is 2. The first kappa shape index (κ1) is 21.5. The van der Waals surface area contributed by atoms with E-state index in [0.29, 0.717) is 29.5 Å². The van der Waals surface area contributed by atoms with Crippen LogP contribution in [0.5, 0.6) is 5.75 Å². The Bertz CT molecular complexity index is 708. The summed E-state index contributed by atoms with van der Waals surface area (Å²) in [5.41, 5.74) is 1.09. The quantitative estimate of drug-likeness (QED) is 0.690. The van der Waals surface area contributed by atoms with E-state index in [-0.39, 0.29) is 18.9 Å². The van der Waals surface area contributed by atoms with Crippen LogP contribution in [-0.2, 0) is 14.8 Å². The molecule has 0 saturated carbocycles. The first-order valence-electron chi connectivity index (χ1n) is 7.79. The molecule has 0 atom stereocenters. The van der Waals surface area contributed by atoms with E-state index < -0.39 is 10.0 Å². The number of rotatable bonds is 9. The molecule has 1 amide bonds. The first-order chi connectivity index (χ1) is 11.6. The van der Waals surface area contributed by atoms with E-state index in [1.54, 1.807) is 19.1 Å². The van der Waals surface area contributed by atoms with Crippen LogP contribution < -0.4 is 14.4 Å². The minimum Gasteiger partial charge on any atom is -0.494 e. The fourth-order valence-corrected chi connectivity index (χ4v) is 3.26. The number of carbonyl (C=O) groups excluding carboxylic acids is 1. The zero-order valence-electron chi connectivity index (χ0n) is 15.3. The van der Waals surface area contributed by atoms with Crippen molar-refractivity contribution in [3.8, 4) is 5.75 Å². The van der Waals surface area contributed by atoms with Gasteiger partial charge in [-0.05, 0) is 32.6 Å². The van der Waals surface area contributed by atoms with Gasteiger partial charge in [-0.25, -0.2) is 8.42 Å². The number of nitrogens with one attached hydrogen (secondary N) is 1. The Morgan fingerprint density at radius 2 is 1.92 bits per heavy atom. The number of methoxy groups -OCH3 is 1. The Kier molecular flexibility index (Phi) is 7.98. The van der Waals surface area contributed by atoms with Crippen molar-refractivity contribution in [2.75, 3.05) is 51.4 Å². The second-order valence-electron chi connectivity index (χ2n) is 6.01. The van der Waals surface area contributed by atoms with Crippen molar-refractivity contribution in [1.82, 2.24) is 10.2 Å². The summed E-state index contributed by atoms with van der Waals surface area (Å²) in [6.45, 7) is 3.02. The van der Waals surface area contributed by atoms with Gasteiger partial charge in [-0.2, -0.15) is 0 Å². The molecule has 0 aliphatic carbocycles. The molecule has 9 heteroatoms. The highest BCUT2D eigenvalue weighted by atomic mass is 35.5. The average molecular weight is 392 g/mol. The summed E-state index contributed by atoms with van der Waals surface area (Å²) in [4.78, 5) is 13.9. The molecule has 0 spiro atoms. The predicted octanol–water partition coefficient (Wildman–Crippen LogP) is 1.49. The van der Waals surface area contributed by atoms with Gasteiger partial charge in [0.2, 0.25) is 15.9 Å². The van der Waals surface area contributed by atoms with E-state index in [1.165, 1.54) is 11.4 Å². The van der Waals surface area contributed by atoms with Gasteiger partial charge >= 0.3 is 0 Å². The lowest BCUT2D eigenvalue weighted by atomic mass is 10.2. The number of anilines is 1.